The number of carbonyl (C=O) groups is 1. The minimum Gasteiger partial charge on any atom is -0.477 e. The number of alkyl halides is 3. The highest BCUT2D eigenvalue weighted by molar-refractivity contribution is 5.85. The van der Waals surface area contributed by atoms with Crippen LogP contribution in [0.25, 0.3) is 22.8 Å². The van der Waals surface area contributed by atoms with Gasteiger partial charge in [0.05, 0.1) is 23.2 Å². The summed E-state index contributed by atoms with van der Waals surface area (Å²) >= 11 is 0. The second-order valence-corrected chi connectivity index (χ2v) is 11.6. The third-order valence-electron chi connectivity index (χ3n) is 9.03. The molecule has 4 aliphatic carbocycles. The van der Waals surface area contributed by atoms with Crippen LogP contribution in [0.15, 0.2) is 51.5 Å². The fourth-order valence-corrected chi connectivity index (χ4v) is 6.41. The van der Waals surface area contributed by atoms with E-state index >= 15 is 0 Å². The molecule has 1 N–H and O–H groups in total. The Balaban J connectivity index is 1.09. The van der Waals surface area contributed by atoms with E-state index in [0.717, 1.165) is 57.4 Å². The zero-order valence-corrected chi connectivity index (χ0v) is 22.5. The molecule has 0 saturated heterocycles. The Morgan fingerprint density at radius 3 is 2.38 bits per heavy atom. The van der Waals surface area contributed by atoms with Crippen molar-refractivity contribution in [2.24, 2.45) is 0 Å². The Morgan fingerprint density at radius 2 is 1.69 bits per heavy atom. The average molecular weight is 581 g/mol. The first-order valence-electron chi connectivity index (χ1n) is 14.0. The molecule has 12 heteroatoms. The first kappa shape index (κ1) is 26.8. The van der Waals surface area contributed by atoms with Crippen molar-refractivity contribution in [1.82, 2.24) is 20.3 Å². The number of benzene rings is 1. The Kier molecular flexibility index (Phi) is 6.23. The maximum Gasteiger partial charge on any atom is 0.417 e. The van der Waals surface area contributed by atoms with Gasteiger partial charge in [0.2, 0.25) is 11.7 Å². The van der Waals surface area contributed by atoms with Crippen LogP contribution in [0.4, 0.5) is 13.2 Å². The lowest BCUT2D eigenvalue weighted by molar-refractivity contribution is -0.137. The molecule has 0 atom stereocenters. The van der Waals surface area contributed by atoms with Gasteiger partial charge in [-0.3, -0.25) is 0 Å². The topological polar surface area (TPSA) is 124 Å². The molecule has 0 radical (unpaired) electrons. The highest BCUT2D eigenvalue weighted by Gasteiger charge is 2.53. The smallest absolute Gasteiger partial charge is 0.417 e. The Labute approximate surface area is 238 Å². The van der Waals surface area contributed by atoms with E-state index < -0.39 is 23.3 Å². The van der Waals surface area contributed by atoms with Crippen LogP contribution in [0.2, 0.25) is 0 Å². The summed E-state index contributed by atoms with van der Waals surface area (Å²) in [6.45, 7) is 0.125. The number of carboxylic acids is 1. The largest absolute Gasteiger partial charge is 0.477 e. The van der Waals surface area contributed by atoms with E-state index in [4.69, 9.17) is 13.8 Å². The zero-order valence-electron chi connectivity index (χ0n) is 22.5. The number of halogens is 3. The molecule has 4 saturated carbocycles. The lowest BCUT2D eigenvalue weighted by atomic mass is 9.58. The standard InChI is InChI=1S/C30H27F3N4O5/c31-30(32,33)20-5-2-1-4-18(20)23-19(24(41-36-23)17-8-9-17)16-40-29-13-10-28(11-14-29,12-15-29)27-35-25(37-42-27)21-6-3-7-22(34-21)26(38)39/h1-7,17H,8-16H2,(H,38,39). The van der Waals surface area contributed by atoms with Crippen molar-refractivity contribution >= 4 is 5.97 Å². The molecule has 8 rings (SSSR count). The van der Waals surface area contributed by atoms with Crippen molar-refractivity contribution in [3.63, 3.8) is 0 Å². The van der Waals surface area contributed by atoms with Gasteiger partial charge in [0.1, 0.15) is 22.8 Å². The molecule has 0 amide bonds. The van der Waals surface area contributed by atoms with E-state index in [9.17, 15) is 23.1 Å². The molecular formula is C30H27F3N4O5. The number of nitrogens with zero attached hydrogens (tertiary/aromatic N) is 4. The number of aromatic carboxylic acids is 1. The molecule has 218 valence electrons. The summed E-state index contributed by atoms with van der Waals surface area (Å²) in [5, 5.41) is 17.4. The van der Waals surface area contributed by atoms with Crippen molar-refractivity contribution in [3.05, 3.63) is 70.9 Å². The van der Waals surface area contributed by atoms with Gasteiger partial charge in [-0.2, -0.15) is 18.2 Å². The highest BCUT2D eigenvalue weighted by Crippen LogP contribution is 2.55. The molecule has 0 aliphatic heterocycles. The van der Waals surface area contributed by atoms with Crippen molar-refractivity contribution in [2.75, 3.05) is 0 Å². The van der Waals surface area contributed by atoms with Gasteiger partial charge in [0.25, 0.3) is 0 Å². The number of rotatable bonds is 8. The monoisotopic (exact) mass is 580 g/mol. The molecule has 3 aromatic heterocycles. The Bertz CT molecular complexity index is 1630. The number of pyridine rings is 1. The van der Waals surface area contributed by atoms with E-state index in [1.54, 1.807) is 18.2 Å². The molecule has 2 bridgehead atoms. The van der Waals surface area contributed by atoms with E-state index in [1.807, 2.05) is 0 Å². The van der Waals surface area contributed by atoms with Crippen LogP contribution in [0.5, 0.6) is 0 Å². The lowest BCUT2D eigenvalue weighted by Crippen LogP contribution is -2.49. The van der Waals surface area contributed by atoms with E-state index in [2.05, 4.69) is 20.3 Å². The van der Waals surface area contributed by atoms with Crippen LogP contribution in [-0.2, 0) is 22.9 Å². The number of aromatic nitrogens is 4. The van der Waals surface area contributed by atoms with E-state index in [-0.39, 0.29) is 40.7 Å². The van der Waals surface area contributed by atoms with Crippen LogP contribution in [0, 0.1) is 0 Å². The molecule has 0 unspecified atom stereocenters. The van der Waals surface area contributed by atoms with E-state index in [1.165, 1.54) is 18.2 Å². The number of ether oxygens (including phenoxy) is 1. The summed E-state index contributed by atoms with van der Waals surface area (Å²) in [5.41, 5.74) is -0.451. The number of fused-ring (bicyclic) bond motifs is 3. The van der Waals surface area contributed by atoms with Crippen molar-refractivity contribution < 1.29 is 36.9 Å². The third-order valence-corrected chi connectivity index (χ3v) is 9.03. The van der Waals surface area contributed by atoms with Gasteiger partial charge in [-0.1, -0.05) is 34.6 Å². The zero-order chi connectivity index (χ0) is 29.1. The minimum atomic E-state index is -4.52. The van der Waals surface area contributed by atoms with Crippen LogP contribution in [0.3, 0.4) is 0 Å². The van der Waals surface area contributed by atoms with Crippen LogP contribution < -0.4 is 0 Å². The summed E-state index contributed by atoms with van der Waals surface area (Å²) in [7, 11) is 0. The number of hydrogen-bond acceptors (Lipinski definition) is 8. The summed E-state index contributed by atoms with van der Waals surface area (Å²) in [5.74, 6) is 0.394. The fourth-order valence-electron chi connectivity index (χ4n) is 6.41. The summed E-state index contributed by atoms with van der Waals surface area (Å²) in [6, 6.07) is 10.1. The van der Waals surface area contributed by atoms with Crippen LogP contribution in [-0.4, -0.2) is 37.0 Å². The molecular weight excluding hydrogens is 553 g/mol. The molecule has 4 fully saturated rings. The first-order valence-corrected chi connectivity index (χ1v) is 14.0. The predicted molar refractivity (Wildman–Crippen MR) is 140 cm³/mol. The molecule has 4 aromatic rings. The quantitative estimate of drug-likeness (QED) is 0.236. The first-order chi connectivity index (χ1) is 20.2. The fraction of sp³-hybridized carbons (Fsp3) is 0.433. The molecule has 42 heavy (non-hydrogen) atoms. The van der Waals surface area contributed by atoms with Gasteiger partial charge in [0, 0.05) is 17.0 Å². The van der Waals surface area contributed by atoms with Crippen molar-refractivity contribution in [1.29, 1.82) is 0 Å². The van der Waals surface area contributed by atoms with Crippen LogP contribution >= 0.6 is 0 Å². The Hall–Kier alpha value is -4.06. The van der Waals surface area contributed by atoms with E-state index in [0.29, 0.717) is 22.9 Å². The maximum absolute atomic E-state index is 13.8. The Morgan fingerprint density at radius 1 is 0.952 bits per heavy atom. The van der Waals surface area contributed by atoms with Crippen molar-refractivity contribution in [2.45, 2.75) is 81.1 Å². The van der Waals surface area contributed by atoms with Gasteiger partial charge in [-0.05, 0) is 69.6 Å². The molecule has 1 aromatic carbocycles. The summed E-state index contributed by atoms with van der Waals surface area (Å²) < 4.78 is 59.4. The van der Waals surface area contributed by atoms with Gasteiger partial charge in [0.15, 0.2) is 0 Å². The van der Waals surface area contributed by atoms with Gasteiger partial charge in [-0.15, -0.1) is 0 Å². The summed E-state index contributed by atoms with van der Waals surface area (Å²) in [6.07, 6.45) is 1.76. The van der Waals surface area contributed by atoms with Gasteiger partial charge in [-0.25, -0.2) is 9.78 Å². The molecule has 3 heterocycles. The lowest BCUT2D eigenvalue weighted by Gasteiger charge is -2.51. The second kappa shape index (κ2) is 9.75. The average Bonchev–Trinajstić information content (AvgIpc) is 3.55. The predicted octanol–water partition coefficient (Wildman–Crippen LogP) is 6.94. The normalized spacial score (nSPS) is 23.8. The third kappa shape index (κ3) is 4.67. The SMILES string of the molecule is O=C(O)c1cccc(-c2noc(C34CCC(OCc5c(-c6ccccc6C(F)(F)F)noc5C5CC5)(CC3)CC4)n2)n1. The van der Waals surface area contributed by atoms with Crippen LogP contribution in [0.1, 0.15) is 90.6 Å². The second-order valence-electron chi connectivity index (χ2n) is 11.6. The van der Waals surface area contributed by atoms with Crippen molar-refractivity contribution in [3.8, 4) is 22.8 Å². The number of hydrogen-bond donors (Lipinski definition) is 1. The highest BCUT2D eigenvalue weighted by atomic mass is 19.4. The molecule has 9 nitrogen and oxygen atoms in total. The summed E-state index contributed by atoms with van der Waals surface area (Å²) in [4.78, 5) is 20.0. The maximum atomic E-state index is 13.8. The van der Waals surface area contributed by atoms with Gasteiger partial charge >= 0.3 is 12.1 Å². The minimum absolute atomic E-state index is 0.00126. The molecule has 0 spiro atoms. The van der Waals surface area contributed by atoms with Gasteiger partial charge < -0.3 is 18.9 Å². The molecule has 4 aliphatic rings. The number of carboxylic acid groups (broad SMARTS) is 1.